The van der Waals surface area contributed by atoms with Crippen molar-refractivity contribution in [1.29, 1.82) is 0 Å². The van der Waals surface area contributed by atoms with Crippen molar-refractivity contribution >= 4 is 22.9 Å². The minimum atomic E-state index is -1.30. The van der Waals surface area contributed by atoms with Crippen molar-refractivity contribution < 1.29 is 29.9 Å². The van der Waals surface area contributed by atoms with E-state index in [1.54, 1.807) is 24.3 Å². The van der Waals surface area contributed by atoms with Crippen LogP contribution in [-0.2, 0) is 11.3 Å². The molecule has 2 aromatic carbocycles. The van der Waals surface area contributed by atoms with Crippen molar-refractivity contribution in [3.8, 4) is 5.75 Å². The zero-order valence-corrected chi connectivity index (χ0v) is 19.8. The first-order chi connectivity index (χ1) is 17.9. The van der Waals surface area contributed by atoms with Gasteiger partial charge in [0, 0.05) is 6.54 Å². The number of nitrogens with one attached hydrogen (secondary N) is 1. The van der Waals surface area contributed by atoms with Gasteiger partial charge in [0.2, 0.25) is 5.95 Å². The van der Waals surface area contributed by atoms with E-state index in [2.05, 4.69) is 20.3 Å². The van der Waals surface area contributed by atoms with E-state index in [1.165, 1.54) is 10.9 Å². The number of rotatable bonds is 9. The van der Waals surface area contributed by atoms with Gasteiger partial charge < -0.3 is 41.0 Å². The molecule has 0 aliphatic carbocycles. The molecule has 12 heteroatoms. The number of fused-ring (bicyclic) bond motifs is 1. The van der Waals surface area contributed by atoms with Crippen LogP contribution in [0.1, 0.15) is 23.5 Å². The highest BCUT2D eigenvalue weighted by Gasteiger charge is 2.44. The number of imidazole rings is 1. The Bertz CT molecular complexity index is 1340. The normalized spacial score (nSPS) is 22.3. The lowest BCUT2D eigenvalue weighted by Crippen LogP contribution is -2.33. The van der Waals surface area contributed by atoms with E-state index < -0.39 is 37.3 Å². The molecule has 2 aromatic heterocycles. The van der Waals surface area contributed by atoms with Crippen LogP contribution < -0.4 is 15.8 Å². The molecule has 3 unspecified atom stereocenters. The summed E-state index contributed by atoms with van der Waals surface area (Å²) >= 11 is 0. The van der Waals surface area contributed by atoms with Crippen molar-refractivity contribution in [2.75, 3.05) is 24.2 Å². The standard InChI is InChI=1S/C25H28N6O6/c26-22-19-23(31(13-28-19)24-21(35)20(34)18(11-32)37-24)30-25(29-22)27-10-17(33)15-6-8-16(9-7-15)36-12-14-4-2-1-3-5-14/h1-9,13,17-18,20-21,24,32-35H,10-12H2,(H3,26,27,29,30)/t17?,18-,20?,21?,24-/m1/s1. The molecule has 12 nitrogen and oxygen atoms in total. The van der Waals surface area contributed by atoms with Crippen LogP contribution in [0, 0.1) is 0 Å². The Balaban J connectivity index is 1.25. The molecule has 1 saturated heterocycles. The Morgan fingerprint density at radius 3 is 2.51 bits per heavy atom. The number of hydrogen-bond acceptors (Lipinski definition) is 11. The van der Waals surface area contributed by atoms with Gasteiger partial charge in [-0.05, 0) is 23.3 Å². The molecule has 3 heterocycles. The van der Waals surface area contributed by atoms with Crippen LogP contribution in [0.2, 0.25) is 0 Å². The molecule has 0 saturated carbocycles. The number of ether oxygens (including phenoxy) is 2. The summed E-state index contributed by atoms with van der Waals surface area (Å²) < 4.78 is 12.8. The minimum absolute atomic E-state index is 0.0902. The zero-order chi connectivity index (χ0) is 25.9. The molecule has 1 aliphatic rings. The molecular formula is C25H28N6O6. The van der Waals surface area contributed by atoms with Crippen molar-refractivity contribution in [1.82, 2.24) is 19.5 Å². The second-order valence-electron chi connectivity index (χ2n) is 8.73. The summed E-state index contributed by atoms with van der Waals surface area (Å²) in [7, 11) is 0. The third kappa shape index (κ3) is 5.19. The molecule has 5 rings (SSSR count). The fourth-order valence-electron chi connectivity index (χ4n) is 4.15. The maximum atomic E-state index is 10.7. The van der Waals surface area contributed by atoms with E-state index in [4.69, 9.17) is 15.2 Å². The third-order valence-corrected chi connectivity index (χ3v) is 6.21. The Morgan fingerprint density at radius 2 is 1.81 bits per heavy atom. The zero-order valence-electron chi connectivity index (χ0n) is 19.8. The molecular weight excluding hydrogens is 480 g/mol. The van der Waals surface area contributed by atoms with E-state index in [-0.39, 0.29) is 29.5 Å². The molecule has 37 heavy (non-hydrogen) atoms. The Morgan fingerprint density at radius 1 is 1.05 bits per heavy atom. The van der Waals surface area contributed by atoms with E-state index >= 15 is 0 Å². The molecule has 0 bridgehead atoms. The van der Waals surface area contributed by atoms with Crippen LogP contribution in [0.15, 0.2) is 60.9 Å². The van der Waals surface area contributed by atoms with Gasteiger partial charge in [0.15, 0.2) is 17.7 Å². The quantitative estimate of drug-likeness (QED) is 0.188. The molecule has 5 atom stereocenters. The molecule has 0 radical (unpaired) electrons. The summed E-state index contributed by atoms with van der Waals surface area (Å²) in [5.41, 5.74) is 8.34. The number of benzene rings is 2. The van der Waals surface area contributed by atoms with Gasteiger partial charge in [0.25, 0.3) is 0 Å². The number of aliphatic hydroxyl groups excluding tert-OH is 4. The number of aromatic nitrogens is 4. The highest BCUT2D eigenvalue weighted by atomic mass is 16.6. The lowest BCUT2D eigenvalue weighted by atomic mass is 10.1. The van der Waals surface area contributed by atoms with E-state index in [0.717, 1.165) is 5.56 Å². The number of nitrogens with two attached hydrogens (primary N) is 1. The summed E-state index contributed by atoms with van der Waals surface area (Å²) in [5.74, 6) is 0.917. The first-order valence-corrected chi connectivity index (χ1v) is 11.8. The van der Waals surface area contributed by atoms with Crippen LogP contribution in [0.5, 0.6) is 5.75 Å². The van der Waals surface area contributed by atoms with Crippen LogP contribution in [0.3, 0.4) is 0 Å². The maximum Gasteiger partial charge on any atom is 0.226 e. The summed E-state index contributed by atoms with van der Waals surface area (Å²) in [6, 6.07) is 17.0. The number of hydrogen-bond donors (Lipinski definition) is 6. The summed E-state index contributed by atoms with van der Waals surface area (Å²) in [5, 5.41) is 43.5. The highest BCUT2D eigenvalue weighted by molar-refractivity contribution is 5.83. The van der Waals surface area contributed by atoms with Gasteiger partial charge in [0.05, 0.1) is 19.0 Å². The molecule has 7 N–H and O–H groups in total. The molecule has 0 amide bonds. The highest BCUT2D eigenvalue weighted by Crippen LogP contribution is 2.32. The van der Waals surface area contributed by atoms with Crippen molar-refractivity contribution in [2.45, 2.75) is 37.3 Å². The second kappa shape index (κ2) is 10.7. The van der Waals surface area contributed by atoms with E-state index in [1.807, 2.05) is 30.3 Å². The Kier molecular flexibility index (Phi) is 7.17. The van der Waals surface area contributed by atoms with Crippen LogP contribution in [0.25, 0.3) is 11.2 Å². The fraction of sp³-hybridized carbons (Fsp3) is 0.320. The van der Waals surface area contributed by atoms with Crippen LogP contribution in [0.4, 0.5) is 11.8 Å². The average Bonchev–Trinajstić information content (AvgIpc) is 3.47. The first kappa shape index (κ1) is 24.9. The molecule has 1 fully saturated rings. The van der Waals surface area contributed by atoms with Gasteiger partial charge in [-0.25, -0.2) is 4.98 Å². The predicted molar refractivity (Wildman–Crippen MR) is 133 cm³/mol. The topological polar surface area (TPSA) is 181 Å². The SMILES string of the molecule is Nc1nc(NCC(O)c2ccc(OCc3ccccc3)cc2)nc2c1ncn2[C@@H]1O[C@H](CO)C(O)C1O. The molecule has 0 spiro atoms. The molecule has 4 aromatic rings. The maximum absolute atomic E-state index is 10.7. The van der Waals surface area contributed by atoms with E-state index in [0.29, 0.717) is 17.9 Å². The van der Waals surface area contributed by atoms with Crippen molar-refractivity contribution in [2.24, 2.45) is 0 Å². The Hall–Kier alpha value is -3.81. The van der Waals surface area contributed by atoms with Gasteiger partial charge in [-0.2, -0.15) is 9.97 Å². The fourth-order valence-corrected chi connectivity index (χ4v) is 4.15. The van der Waals surface area contributed by atoms with Crippen molar-refractivity contribution in [3.63, 3.8) is 0 Å². The van der Waals surface area contributed by atoms with Gasteiger partial charge in [-0.15, -0.1) is 0 Å². The van der Waals surface area contributed by atoms with Gasteiger partial charge in [-0.1, -0.05) is 42.5 Å². The van der Waals surface area contributed by atoms with Crippen LogP contribution in [-0.4, -0.2) is 71.4 Å². The van der Waals surface area contributed by atoms with Crippen molar-refractivity contribution in [3.05, 3.63) is 72.1 Å². The summed E-state index contributed by atoms with van der Waals surface area (Å²) in [6.45, 7) is 0.0884. The van der Waals surface area contributed by atoms with Gasteiger partial charge >= 0.3 is 0 Å². The van der Waals surface area contributed by atoms with E-state index in [9.17, 15) is 20.4 Å². The second-order valence-corrected chi connectivity index (χ2v) is 8.73. The first-order valence-electron chi connectivity index (χ1n) is 11.8. The Labute approximate surface area is 212 Å². The monoisotopic (exact) mass is 508 g/mol. The van der Waals surface area contributed by atoms with Gasteiger partial charge in [0.1, 0.15) is 36.2 Å². The lowest BCUT2D eigenvalue weighted by Gasteiger charge is -2.17. The van der Waals surface area contributed by atoms with Gasteiger partial charge in [-0.3, -0.25) is 4.57 Å². The smallest absolute Gasteiger partial charge is 0.226 e. The average molecular weight is 509 g/mol. The molecule has 194 valence electrons. The lowest BCUT2D eigenvalue weighted by molar-refractivity contribution is -0.0511. The van der Waals surface area contributed by atoms with Crippen LogP contribution >= 0.6 is 0 Å². The number of aliphatic hydroxyl groups is 4. The predicted octanol–water partition coefficient (Wildman–Crippen LogP) is 0.744. The number of nitrogens with zero attached hydrogens (tertiary/aromatic N) is 4. The largest absolute Gasteiger partial charge is 0.489 e. The summed E-state index contributed by atoms with van der Waals surface area (Å²) in [6.07, 6.45) is -4.03. The third-order valence-electron chi connectivity index (χ3n) is 6.21. The number of anilines is 2. The summed E-state index contributed by atoms with van der Waals surface area (Å²) in [4.78, 5) is 12.8. The minimum Gasteiger partial charge on any atom is -0.489 e. The molecule has 1 aliphatic heterocycles. The number of nitrogen functional groups attached to an aromatic ring is 1.